The SMILES string of the molecule is Cc1nn(C)c(C)c1CC(=O)NCC1CCCN1. The third kappa shape index (κ3) is 2.90. The highest BCUT2D eigenvalue weighted by Gasteiger charge is 2.16. The number of nitrogens with zero attached hydrogens (tertiary/aromatic N) is 2. The lowest BCUT2D eigenvalue weighted by atomic mass is 10.1. The van der Waals surface area contributed by atoms with Gasteiger partial charge in [-0.15, -0.1) is 0 Å². The predicted octanol–water partition coefficient (Wildman–Crippen LogP) is 0.448. The Morgan fingerprint density at radius 3 is 2.89 bits per heavy atom. The van der Waals surface area contributed by atoms with Crippen molar-refractivity contribution in [1.29, 1.82) is 0 Å². The average Bonchev–Trinajstić information content (AvgIpc) is 2.92. The summed E-state index contributed by atoms with van der Waals surface area (Å²) in [5, 5.41) is 10.7. The maximum Gasteiger partial charge on any atom is 0.224 e. The minimum atomic E-state index is 0.0860. The largest absolute Gasteiger partial charge is 0.354 e. The van der Waals surface area contributed by atoms with Crippen LogP contribution in [0.15, 0.2) is 0 Å². The van der Waals surface area contributed by atoms with Crippen LogP contribution in [0.1, 0.15) is 29.8 Å². The molecule has 1 fully saturated rings. The van der Waals surface area contributed by atoms with Gasteiger partial charge in [0.25, 0.3) is 0 Å². The molecule has 1 atom stereocenters. The van der Waals surface area contributed by atoms with E-state index in [4.69, 9.17) is 0 Å². The van der Waals surface area contributed by atoms with Gasteiger partial charge >= 0.3 is 0 Å². The molecule has 1 aliphatic rings. The van der Waals surface area contributed by atoms with Crippen LogP contribution in [0.3, 0.4) is 0 Å². The zero-order valence-electron chi connectivity index (χ0n) is 11.4. The number of hydrogen-bond acceptors (Lipinski definition) is 3. The molecule has 0 saturated carbocycles. The number of rotatable bonds is 4. The van der Waals surface area contributed by atoms with Crippen molar-refractivity contribution < 1.29 is 4.79 Å². The normalized spacial score (nSPS) is 19.2. The van der Waals surface area contributed by atoms with Crippen LogP contribution in [0.5, 0.6) is 0 Å². The maximum atomic E-state index is 11.9. The van der Waals surface area contributed by atoms with Gasteiger partial charge in [-0.3, -0.25) is 9.48 Å². The summed E-state index contributed by atoms with van der Waals surface area (Å²) in [6.07, 6.45) is 2.80. The molecular weight excluding hydrogens is 228 g/mol. The quantitative estimate of drug-likeness (QED) is 0.815. The van der Waals surface area contributed by atoms with E-state index in [9.17, 15) is 4.79 Å². The summed E-state index contributed by atoms with van der Waals surface area (Å²) in [4.78, 5) is 11.9. The molecule has 1 aromatic rings. The number of aromatic nitrogens is 2. The van der Waals surface area contributed by atoms with Gasteiger partial charge in [0.2, 0.25) is 5.91 Å². The molecular formula is C13H22N4O. The summed E-state index contributed by atoms with van der Waals surface area (Å²) in [5.74, 6) is 0.0860. The van der Waals surface area contributed by atoms with Gasteiger partial charge in [-0.1, -0.05) is 0 Å². The van der Waals surface area contributed by atoms with Crippen LogP contribution in [0, 0.1) is 13.8 Å². The molecule has 100 valence electrons. The van der Waals surface area contributed by atoms with Crippen LogP contribution in [0.4, 0.5) is 0 Å². The van der Waals surface area contributed by atoms with E-state index in [0.29, 0.717) is 12.5 Å². The highest BCUT2D eigenvalue weighted by molar-refractivity contribution is 5.79. The Hall–Kier alpha value is -1.36. The summed E-state index contributed by atoms with van der Waals surface area (Å²) in [6.45, 7) is 5.76. The highest BCUT2D eigenvalue weighted by Crippen LogP contribution is 2.12. The Morgan fingerprint density at radius 1 is 1.56 bits per heavy atom. The summed E-state index contributed by atoms with van der Waals surface area (Å²) >= 11 is 0. The Kier molecular flexibility index (Phi) is 4.01. The van der Waals surface area contributed by atoms with Crippen LogP contribution >= 0.6 is 0 Å². The second-order valence-corrected chi connectivity index (χ2v) is 5.05. The summed E-state index contributed by atoms with van der Waals surface area (Å²) in [6, 6.07) is 0.449. The molecule has 2 N–H and O–H groups in total. The second kappa shape index (κ2) is 5.52. The molecule has 1 amide bonds. The fraction of sp³-hybridized carbons (Fsp3) is 0.692. The lowest BCUT2D eigenvalue weighted by Gasteiger charge is -2.11. The lowest BCUT2D eigenvalue weighted by Crippen LogP contribution is -2.37. The third-order valence-electron chi connectivity index (χ3n) is 3.70. The number of carbonyl (C=O) groups excluding carboxylic acids is 1. The van der Waals surface area contributed by atoms with E-state index < -0.39 is 0 Å². The second-order valence-electron chi connectivity index (χ2n) is 5.05. The molecule has 1 aliphatic heterocycles. The molecule has 0 aliphatic carbocycles. The van der Waals surface area contributed by atoms with Gasteiger partial charge < -0.3 is 10.6 Å². The van der Waals surface area contributed by atoms with Gasteiger partial charge in [-0.25, -0.2) is 0 Å². The van der Waals surface area contributed by atoms with Crippen molar-refractivity contribution >= 4 is 5.91 Å². The fourth-order valence-electron chi connectivity index (χ4n) is 2.46. The molecule has 0 aromatic carbocycles. The van der Waals surface area contributed by atoms with E-state index in [0.717, 1.165) is 36.5 Å². The highest BCUT2D eigenvalue weighted by atomic mass is 16.1. The summed E-state index contributed by atoms with van der Waals surface area (Å²) < 4.78 is 1.83. The van der Waals surface area contributed by atoms with Crippen molar-refractivity contribution in [3.05, 3.63) is 17.0 Å². The predicted molar refractivity (Wildman–Crippen MR) is 70.4 cm³/mol. The van der Waals surface area contributed by atoms with E-state index >= 15 is 0 Å². The Labute approximate surface area is 108 Å². The molecule has 0 bridgehead atoms. The van der Waals surface area contributed by atoms with E-state index in [-0.39, 0.29) is 5.91 Å². The zero-order chi connectivity index (χ0) is 13.1. The van der Waals surface area contributed by atoms with Gasteiger partial charge in [0.15, 0.2) is 0 Å². The molecule has 2 heterocycles. The molecule has 0 spiro atoms. The Morgan fingerprint density at radius 2 is 2.33 bits per heavy atom. The fourth-order valence-corrected chi connectivity index (χ4v) is 2.46. The first-order valence-electron chi connectivity index (χ1n) is 6.57. The molecule has 1 unspecified atom stereocenters. The number of amides is 1. The Balaban J connectivity index is 1.86. The smallest absolute Gasteiger partial charge is 0.224 e. The molecule has 2 rings (SSSR count). The van der Waals surface area contributed by atoms with Crippen LogP contribution in [0.2, 0.25) is 0 Å². The van der Waals surface area contributed by atoms with Crippen molar-refractivity contribution in [2.75, 3.05) is 13.1 Å². The van der Waals surface area contributed by atoms with Gasteiger partial charge in [-0.2, -0.15) is 5.10 Å². The topological polar surface area (TPSA) is 59.0 Å². The lowest BCUT2D eigenvalue weighted by molar-refractivity contribution is -0.120. The van der Waals surface area contributed by atoms with Crippen LogP contribution in [0.25, 0.3) is 0 Å². The van der Waals surface area contributed by atoms with Gasteiger partial charge in [0.05, 0.1) is 12.1 Å². The first-order chi connectivity index (χ1) is 8.58. The number of aryl methyl sites for hydroxylation is 2. The number of carbonyl (C=O) groups is 1. The minimum Gasteiger partial charge on any atom is -0.354 e. The molecule has 1 aromatic heterocycles. The van der Waals surface area contributed by atoms with Gasteiger partial charge in [0, 0.05) is 30.9 Å². The van der Waals surface area contributed by atoms with Crippen molar-refractivity contribution in [3.63, 3.8) is 0 Å². The zero-order valence-corrected chi connectivity index (χ0v) is 11.4. The third-order valence-corrected chi connectivity index (χ3v) is 3.70. The summed E-state index contributed by atoms with van der Waals surface area (Å²) in [7, 11) is 1.91. The molecule has 5 heteroatoms. The minimum absolute atomic E-state index is 0.0860. The molecule has 18 heavy (non-hydrogen) atoms. The van der Waals surface area contributed by atoms with Crippen molar-refractivity contribution in [2.45, 2.75) is 39.2 Å². The average molecular weight is 250 g/mol. The first kappa shape index (κ1) is 13.1. The molecule has 5 nitrogen and oxygen atoms in total. The maximum absolute atomic E-state index is 11.9. The summed E-state index contributed by atoms with van der Waals surface area (Å²) in [5.41, 5.74) is 3.07. The van der Waals surface area contributed by atoms with E-state index in [2.05, 4.69) is 15.7 Å². The van der Waals surface area contributed by atoms with E-state index in [1.807, 2.05) is 25.6 Å². The van der Waals surface area contributed by atoms with Crippen molar-refractivity contribution in [1.82, 2.24) is 20.4 Å². The van der Waals surface area contributed by atoms with Gasteiger partial charge in [-0.05, 0) is 33.2 Å². The monoisotopic (exact) mass is 250 g/mol. The van der Waals surface area contributed by atoms with Crippen LogP contribution < -0.4 is 10.6 Å². The van der Waals surface area contributed by atoms with Crippen molar-refractivity contribution in [3.8, 4) is 0 Å². The molecule has 1 saturated heterocycles. The van der Waals surface area contributed by atoms with E-state index in [1.54, 1.807) is 0 Å². The van der Waals surface area contributed by atoms with Crippen LogP contribution in [-0.2, 0) is 18.3 Å². The van der Waals surface area contributed by atoms with Crippen molar-refractivity contribution in [2.24, 2.45) is 7.05 Å². The van der Waals surface area contributed by atoms with Crippen LogP contribution in [-0.4, -0.2) is 34.8 Å². The standard InChI is InChI=1S/C13H22N4O/c1-9-12(10(2)17(3)16-9)7-13(18)15-8-11-5-4-6-14-11/h11,14H,4-8H2,1-3H3,(H,15,18). The number of nitrogens with one attached hydrogen (secondary N) is 2. The number of hydrogen-bond donors (Lipinski definition) is 2. The first-order valence-corrected chi connectivity index (χ1v) is 6.57. The van der Waals surface area contributed by atoms with Gasteiger partial charge in [0.1, 0.15) is 0 Å². The molecule has 0 radical (unpaired) electrons. The van der Waals surface area contributed by atoms with E-state index in [1.165, 1.54) is 6.42 Å². The Bertz CT molecular complexity index is 432.